The number of nitrogens with two attached hydrogens (primary N) is 1. The Morgan fingerprint density at radius 2 is 2.11 bits per heavy atom. The van der Waals surface area contributed by atoms with Gasteiger partial charge in [-0.2, -0.15) is 0 Å². The molecule has 18 heavy (non-hydrogen) atoms. The van der Waals surface area contributed by atoms with Gasteiger partial charge < -0.3 is 15.8 Å². The molecule has 1 unspecified atom stereocenters. The summed E-state index contributed by atoms with van der Waals surface area (Å²) in [5.74, 6) is 0. The van der Waals surface area contributed by atoms with Gasteiger partial charge in [0.25, 0.3) is 0 Å². The Balaban J connectivity index is 2.80. The van der Waals surface area contributed by atoms with Gasteiger partial charge in [-0.1, -0.05) is 0 Å². The molecule has 0 radical (unpaired) electrons. The Hall–Kier alpha value is -1.27. The zero-order valence-electron chi connectivity index (χ0n) is 10.9. The third-order valence-corrected chi connectivity index (χ3v) is 3.72. The molecule has 0 aromatic heterocycles. The topological polar surface area (TPSA) is 81.4 Å². The summed E-state index contributed by atoms with van der Waals surface area (Å²) < 4.78 is 27.7. The first-order valence-electron chi connectivity index (χ1n) is 5.69. The van der Waals surface area contributed by atoms with Crippen LogP contribution in [0.1, 0.15) is 13.3 Å². The van der Waals surface area contributed by atoms with Gasteiger partial charge in [-0.25, -0.2) is 8.42 Å². The smallest absolute Gasteiger partial charge is 0.175 e. The fraction of sp³-hybridized carbons (Fsp3) is 0.500. The summed E-state index contributed by atoms with van der Waals surface area (Å²) in [6, 6.07) is 4.92. The van der Waals surface area contributed by atoms with Gasteiger partial charge in [0, 0.05) is 26.0 Å². The molecule has 5 nitrogen and oxygen atoms in total. The minimum absolute atomic E-state index is 0.205. The van der Waals surface area contributed by atoms with E-state index in [1.165, 1.54) is 6.07 Å². The third-order valence-electron chi connectivity index (χ3n) is 2.61. The predicted octanol–water partition coefficient (Wildman–Crippen LogP) is 1.51. The van der Waals surface area contributed by atoms with E-state index in [0.717, 1.165) is 18.4 Å². The Bertz CT molecular complexity index is 500. The van der Waals surface area contributed by atoms with Gasteiger partial charge in [0.1, 0.15) is 0 Å². The molecule has 1 atom stereocenters. The molecule has 0 fully saturated rings. The average molecular weight is 272 g/mol. The van der Waals surface area contributed by atoms with Crippen LogP contribution in [0.3, 0.4) is 0 Å². The average Bonchev–Trinajstić information content (AvgIpc) is 2.27. The van der Waals surface area contributed by atoms with Crippen molar-refractivity contribution >= 4 is 21.2 Å². The maximum Gasteiger partial charge on any atom is 0.175 e. The van der Waals surface area contributed by atoms with E-state index in [4.69, 9.17) is 10.5 Å². The summed E-state index contributed by atoms with van der Waals surface area (Å²) in [6.07, 6.45) is 2.01. The van der Waals surface area contributed by atoms with Crippen molar-refractivity contribution in [2.75, 3.05) is 31.0 Å². The van der Waals surface area contributed by atoms with Crippen molar-refractivity contribution in [1.29, 1.82) is 0 Å². The number of nitrogens with one attached hydrogen (secondary N) is 1. The van der Waals surface area contributed by atoms with Crippen molar-refractivity contribution in [2.24, 2.45) is 0 Å². The van der Waals surface area contributed by atoms with Crippen LogP contribution in [0.2, 0.25) is 0 Å². The fourth-order valence-electron chi connectivity index (χ4n) is 1.54. The van der Waals surface area contributed by atoms with Crippen LogP contribution in [0.25, 0.3) is 0 Å². The molecule has 0 saturated heterocycles. The zero-order chi connectivity index (χ0) is 13.8. The largest absolute Gasteiger partial charge is 0.397 e. The summed E-state index contributed by atoms with van der Waals surface area (Å²) in [6.45, 7) is 2.68. The minimum Gasteiger partial charge on any atom is -0.397 e. The second-order valence-corrected chi connectivity index (χ2v) is 6.36. The van der Waals surface area contributed by atoms with Crippen molar-refractivity contribution in [3.8, 4) is 0 Å². The van der Waals surface area contributed by atoms with Crippen molar-refractivity contribution in [3.05, 3.63) is 18.2 Å². The molecule has 0 aliphatic heterocycles. The molecule has 1 aromatic carbocycles. The number of rotatable bonds is 6. The maximum atomic E-state index is 11.4. The third kappa shape index (κ3) is 4.19. The van der Waals surface area contributed by atoms with Crippen molar-refractivity contribution in [2.45, 2.75) is 24.3 Å². The van der Waals surface area contributed by atoms with Crippen LogP contribution in [-0.4, -0.2) is 34.4 Å². The molecule has 3 N–H and O–H groups in total. The molecular formula is C12H20N2O3S. The van der Waals surface area contributed by atoms with Crippen LogP contribution in [0.5, 0.6) is 0 Å². The molecule has 0 aliphatic rings. The van der Waals surface area contributed by atoms with E-state index in [-0.39, 0.29) is 10.9 Å². The van der Waals surface area contributed by atoms with Crippen LogP contribution >= 0.6 is 0 Å². The Labute approximate surface area is 108 Å². The van der Waals surface area contributed by atoms with Crippen molar-refractivity contribution in [1.82, 2.24) is 0 Å². The van der Waals surface area contributed by atoms with Gasteiger partial charge in [0.15, 0.2) is 9.84 Å². The monoisotopic (exact) mass is 272 g/mol. The molecule has 0 amide bonds. The summed E-state index contributed by atoms with van der Waals surface area (Å²) in [7, 11) is -1.56. The van der Waals surface area contributed by atoms with Gasteiger partial charge in [0.2, 0.25) is 0 Å². The first-order chi connectivity index (χ1) is 8.34. The molecular weight excluding hydrogens is 252 g/mol. The standard InChI is InChI=1S/C12H20N2O3S/c1-9(6-7-17-2)14-12-5-4-10(8-11(12)13)18(3,15)16/h4-5,8-9,14H,6-7,13H2,1-3H3. The Morgan fingerprint density at radius 1 is 1.44 bits per heavy atom. The quantitative estimate of drug-likeness (QED) is 0.767. The number of anilines is 2. The lowest BCUT2D eigenvalue weighted by atomic mass is 10.2. The Kier molecular flexibility index (Phi) is 4.98. The van der Waals surface area contributed by atoms with Crippen LogP contribution < -0.4 is 11.1 Å². The highest BCUT2D eigenvalue weighted by Crippen LogP contribution is 2.23. The first kappa shape index (κ1) is 14.8. The molecule has 1 rings (SSSR count). The number of methoxy groups -OCH3 is 1. The molecule has 0 bridgehead atoms. The van der Waals surface area contributed by atoms with E-state index in [1.807, 2.05) is 6.92 Å². The van der Waals surface area contributed by atoms with Crippen LogP contribution in [-0.2, 0) is 14.6 Å². The number of hydrogen-bond acceptors (Lipinski definition) is 5. The molecule has 0 aliphatic carbocycles. The summed E-state index contributed by atoms with van der Waals surface area (Å²) in [5, 5.41) is 3.22. The summed E-state index contributed by atoms with van der Waals surface area (Å²) in [5.41, 5.74) is 7.01. The van der Waals surface area contributed by atoms with Gasteiger partial charge in [0.05, 0.1) is 16.3 Å². The van der Waals surface area contributed by atoms with Gasteiger partial charge in [-0.05, 0) is 31.5 Å². The minimum atomic E-state index is -3.21. The second kappa shape index (κ2) is 6.06. The number of nitrogen functional groups attached to an aromatic ring is 1. The molecule has 6 heteroatoms. The van der Waals surface area contributed by atoms with E-state index in [2.05, 4.69) is 5.32 Å². The number of sulfone groups is 1. The van der Waals surface area contributed by atoms with E-state index in [9.17, 15) is 8.42 Å². The SMILES string of the molecule is COCCC(C)Nc1ccc(S(C)(=O)=O)cc1N. The second-order valence-electron chi connectivity index (χ2n) is 4.35. The highest BCUT2D eigenvalue weighted by molar-refractivity contribution is 7.90. The van der Waals surface area contributed by atoms with E-state index in [0.29, 0.717) is 12.3 Å². The fourth-order valence-corrected chi connectivity index (χ4v) is 2.19. The van der Waals surface area contributed by atoms with E-state index >= 15 is 0 Å². The van der Waals surface area contributed by atoms with Gasteiger partial charge in [-0.15, -0.1) is 0 Å². The summed E-state index contributed by atoms with van der Waals surface area (Å²) in [4.78, 5) is 0.232. The highest BCUT2D eigenvalue weighted by atomic mass is 32.2. The van der Waals surface area contributed by atoms with E-state index < -0.39 is 9.84 Å². The van der Waals surface area contributed by atoms with Crippen LogP contribution in [0, 0.1) is 0 Å². The predicted molar refractivity (Wildman–Crippen MR) is 73.5 cm³/mol. The number of ether oxygens (including phenoxy) is 1. The number of hydrogen-bond donors (Lipinski definition) is 2. The molecule has 102 valence electrons. The number of benzene rings is 1. The lowest BCUT2D eigenvalue weighted by Crippen LogP contribution is -2.18. The molecule has 0 heterocycles. The lowest BCUT2D eigenvalue weighted by Gasteiger charge is -2.16. The molecule has 0 spiro atoms. The van der Waals surface area contributed by atoms with Crippen molar-refractivity contribution < 1.29 is 13.2 Å². The van der Waals surface area contributed by atoms with E-state index in [1.54, 1.807) is 19.2 Å². The van der Waals surface area contributed by atoms with Crippen LogP contribution in [0.4, 0.5) is 11.4 Å². The summed E-state index contributed by atoms with van der Waals surface area (Å²) >= 11 is 0. The van der Waals surface area contributed by atoms with Gasteiger partial charge in [-0.3, -0.25) is 0 Å². The Morgan fingerprint density at radius 3 is 2.61 bits per heavy atom. The van der Waals surface area contributed by atoms with Gasteiger partial charge >= 0.3 is 0 Å². The lowest BCUT2D eigenvalue weighted by molar-refractivity contribution is 0.191. The molecule has 0 saturated carbocycles. The first-order valence-corrected chi connectivity index (χ1v) is 7.59. The maximum absolute atomic E-state index is 11.4. The highest BCUT2D eigenvalue weighted by Gasteiger charge is 2.10. The zero-order valence-corrected chi connectivity index (χ0v) is 11.8. The normalized spacial score (nSPS) is 13.3. The molecule has 1 aromatic rings. The van der Waals surface area contributed by atoms with Crippen LogP contribution in [0.15, 0.2) is 23.1 Å². The van der Waals surface area contributed by atoms with Crippen molar-refractivity contribution in [3.63, 3.8) is 0 Å².